The van der Waals surface area contributed by atoms with E-state index in [0.29, 0.717) is 13.0 Å². The summed E-state index contributed by atoms with van der Waals surface area (Å²) in [5, 5.41) is 2.35. The lowest BCUT2D eigenvalue weighted by Crippen LogP contribution is -2.54. The summed E-state index contributed by atoms with van der Waals surface area (Å²) in [7, 11) is -0.931. The lowest BCUT2D eigenvalue weighted by atomic mass is 9.98. The number of methoxy groups -OCH3 is 1. The predicted octanol–water partition coefficient (Wildman–Crippen LogP) is 1.20. The van der Waals surface area contributed by atoms with Crippen molar-refractivity contribution in [1.29, 1.82) is 0 Å². The monoisotopic (exact) mass is 427 g/mol. The number of ether oxygens (including phenoxy) is 2. The summed E-state index contributed by atoms with van der Waals surface area (Å²) in [6, 6.07) is 6.13. The second-order valence-electron chi connectivity index (χ2n) is 6.74. The Kier molecular flexibility index (Phi) is 7.68. The zero-order valence-electron chi connectivity index (χ0n) is 16.4. The highest BCUT2D eigenvalue weighted by Crippen LogP contribution is 2.36. The van der Waals surface area contributed by atoms with Gasteiger partial charge >= 0.3 is 5.97 Å². The first-order chi connectivity index (χ1) is 13.8. The summed E-state index contributed by atoms with van der Waals surface area (Å²) < 4.78 is 34.5. The Morgan fingerprint density at radius 1 is 1.24 bits per heavy atom. The minimum atomic E-state index is -4.09. The zero-order valence-corrected chi connectivity index (χ0v) is 17.2. The number of nitrogens with one attached hydrogen (secondary N) is 1. The number of esters is 1. The molecule has 0 atom stereocenters. The molecule has 0 radical (unpaired) electrons. The molecule has 1 N–H and O–H groups in total. The van der Waals surface area contributed by atoms with E-state index in [4.69, 9.17) is 4.74 Å². The van der Waals surface area contributed by atoms with Crippen LogP contribution in [0.3, 0.4) is 0 Å². The topological polar surface area (TPSA) is 131 Å². The average Bonchev–Trinajstić information content (AvgIpc) is 2.74. The van der Waals surface area contributed by atoms with Crippen LogP contribution in [-0.4, -0.2) is 59.0 Å². The minimum Gasteiger partial charge on any atom is -0.469 e. The normalized spacial score (nSPS) is 15.9. The van der Waals surface area contributed by atoms with Crippen molar-refractivity contribution in [1.82, 2.24) is 5.43 Å². The minimum absolute atomic E-state index is 0.0211. The fourth-order valence-electron chi connectivity index (χ4n) is 3.26. The van der Waals surface area contributed by atoms with Gasteiger partial charge in [-0.1, -0.05) is 0 Å². The molecule has 0 bridgehead atoms. The van der Waals surface area contributed by atoms with E-state index in [-0.39, 0.29) is 43.3 Å². The molecule has 0 saturated carbocycles. The molecule has 1 aliphatic rings. The number of benzene rings is 1. The molecular formula is C18H25N3O7S. The fraction of sp³-hybridized carbons (Fsp3) is 0.556. The first-order valence-electron chi connectivity index (χ1n) is 9.11. The van der Waals surface area contributed by atoms with E-state index in [1.807, 2.05) is 11.9 Å². The average molecular weight is 427 g/mol. The fourth-order valence-corrected chi connectivity index (χ4v) is 5.20. The maximum atomic E-state index is 13.3. The molecule has 160 valence electrons. The molecule has 0 unspecified atom stereocenters. The van der Waals surface area contributed by atoms with Crippen molar-refractivity contribution in [2.45, 2.75) is 35.3 Å². The Bertz CT molecular complexity index is 834. The predicted molar refractivity (Wildman–Crippen MR) is 105 cm³/mol. The number of amides is 1. The number of sulfone groups is 1. The number of hydrogen-bond acceptors (Lipinski definition) is 9. The molecule has 1 amide bonds. The van der Waals surface area contributed by atoms with Gasteiger partial charge in [0.2, 0.25) is 0 Å². The molecule has 1 aliphatic heterocycles. The Labute approximate surface area is 169 Å². The third-order valence-corrected chi connectivity index (χ3v) is 7.58. The van der Waals surface area contributed by atoms with Crippen LogP contribution in [0.1, 0.15) is 25.7 Å². The highest BCUT2D eigenvalue weighted by Gasteiger charge is 2.52. The summed E-state index contributed by atoms with van der Waals surface area (Å²) in [6.45, 7) is 0.759. The Morgan fingerprint density at radius 3 is 2.41 bits per heavy atom. The van der Waals surface area contributed by atoms with Gasteiger partial charge in [-0.3, -0.25) is 9.59 Å². The Hall–Kier alpha value is -2.53. The van der Waals surface area contributed by atoms with Gasteiger partial charge in [-0.15, -0.1) is 4.91 Å². The molecule has 29 heavy (non-hydrogen) atoms. The molecule has 1 heterocycles. The van der Waals surface area contributed by atoms with Crippen LogP contribution in [0.2, 0.25) is 0 Å². The molecule has 1 saturated heterocycles. The Balaban J connectivity index is 2.20. The van der Waals surface area contributed by atoms with Crippen molar-refractivity contribution in [3.05, 3.63) is 29.2 Å². The molecule has 0 aliphatic carbocycles. The summed E-state index contributed by atoms with van der Waals surface area (Å²) >= 11 is 0. The van der Waals surface area contributed by atoms with Crippen molar-refractivity contribution in [2.24, 2.45) is 5.29 Å². The quantitative estimate of drug-likeness (QED) is 0.353. The second-order valence-corrected chi connectivity index (χ2v) is 9.00. The molecule has 0 spiro atoms. The highest BCUT2D eigenvalue weighted by atomic mass is 32.2. The largest absolute Gasteiger partial charge is 0.469 e. The van der Waals surface area contributed by atoms with E-state index >= 15 is 0 Å². The summed E-state index contributed by atoms with van der Waals surface area (Å²) in [4.78, 5) is 36.0. The van der Waals surface area contributed by atoms with Crippen LogP contribution in [0.5, 0.6) is 0 Å². The van der Waals surface area contributed by atoms with Gasteiger partial charge in [0.15, 0.2) is 14.6 Å². The number of nitroso groups, excluding NO2 is 1. The summed E-state index contributed by atoms with van der Waals surface area (Å²) in [6.07, 6.45) is 0.751. The van der Waals surface area contributed by atoms with Gasteiger partial charge in [-0.25, -0.2) is 13.8 Å². The third-order valence-electron chi connectivity index (χ3n) is 5.07. The van der Waals surface area contributed by atoms with Crippen LogP contribution in [0.15, 0.2) is 34.4 Å². The SMILES string of the molecule is COC(=O)CCCN(C)c1ccc(S(=O)(=O)C2(C(=O)NN=O)CCOCC2)cc1. The van der Waals surface area contributed by atoms with Crippen LogP contribution in [0.4, 0.5) is 5.69 Å². The van der Waals surface area contributed by atoms with E-state index in [0.717, 1.165) is 5.69 Å². The van der Waals surface area contributed by atoms with Crippen LogP contribution < -0.4 is 10.3 Å². The van der Waals surface area contributed by atoms with Crippen molar-refractivity contribution < 1.29 is 27.5 Å². The lowest BCUT2D eigenvalue weighted by Gasteiger charge is -2.34. The summed E-state index contributed by atoms with van der Waals surface area (Å²) in [5.74, 6) is -1.23. The maximum absolute atomic E-state index is 13.3. The van der Waals surface area contributed by atoms with Gasteiger partial charge in [0, 0.05) is 38.9 Å². The van der Waals surface area contributed by atoms with E-state index in [9.17, 15) is 22.9 Å². The van der Waals surface area contributed by atoms with E-state index in [2.05, 4.69) is 10.0 Å². The smallest absolute Gasteiger partial charge is 0.305 e. The van der Waals surface area contributed by atoms with Gasteiger partial charge in [-0.05, 0) is 43.5 Å². The highest BCUT2D eigenvalue weighted by molar-refractivity contribution is 7.93. The van der Waals surface area contributed by atoms with E-state index in [1.165, 1.54) is 19.2 Å². The number of anilines is 1. The van der Waals surface area contributed by atoms with Gasteiger partial charge in [0.25, 0.3) is 5.91 Å². The van der Waals surface area contributed by atoms with Crippen LogP contribution in [0.25, 0.3) is 0 Å². The molecular weight excluding hydrogens is 402 g/mol. The van der Waals surface area contributed by atoms with Crippen LogP contribution in [0, 0.1) is 4.91 Å². The van der Waals surface area contributed by atoms with E-state index < -0.39 is 20.5 Å². The van der Waals surface area contributed by atoms with Gasteiger partial charge in [-0.2, -0.15) is 0 Å². The molecule has 1 fully saturated rings. The standard InChI is InChI=1S/C18H25N3O7S/c1-21(11-3-4-16(22)27-2)14-5-7-15(8-6-14)29(25,26)18(17(23)19-20-24)9-12-28-13-10-18/h5-8H,3-4,9-13H2,1-2H3,(H,19,23,24). The van der Waals surface area contributed by atoms with Crippen molar-refractivity contribution in [2.75, 3.05) is 38.8 Å². The molecule has 2 rings (SSSR count). The number of carbonyl (C=O) groups excluding carboxylic acids is 2. The molecule has 10 nitrogen and oxygen atoms in total. The van der Waals surface area contributed by atoms with Crippen LogP contribution in [-0.2, 0) is 28.9 Å². The molecule has 0 aromatic heterocycles. The molecule has 11 heteroatoms. The van der Waals surface area contributed by atoms with Crippen molar-refractivity contribution >= 4 is 27.4 Å². The van der Waals surface area contributed by atoms with Gasteiger partial charge in [0.05, 0.1) is 17.3 Å². The van der Waals surface area contributed by atoms with Crippen molar-refractivity contribution in [3.63, 3.8) is 0 Å². The maximum Gasteiger partial charge on any atom is 0.305 e. The van der Waals surface area contributed by atoms with Crippen molar-refractivity contribution in [3.8, 4) is 0 Å². The van der Waals surface area contributed by atoms with Gasteiger partial charge < -0.3 is 14.4 Å². The number of carbonyl (C=O) groups is 2. The first kappa shape index (κ1) is 22.8. The van der Waals surface area contributed by atoms with E-state index in [1.54, 1.807) is 17.6 Å². The third kappa shape index (κ3) is 4.91. The van der Waals surface area contributed by atoms with Gasteiger partial charge in [0.1, 0.15) is 0 Å². The molecule has 1 aromatic carbocycles. The number of hydrogen-bond donors (Lipinski definition) is 1. The number of rotatable bonds is 9. The van der Waals surface area contributed by atoms with Crippen LogP contribution >= 0.6 is 0 Å². The first-order valence-corrected chi connectivity index (χ1v) is 10.6. The summed E-state index contributed by atoms with van der Waals surface area (Å²) in [5.41, 5.74) is 2.51. The lowest BCUT2D eigenvalue weighted by molar-refractivity contribution is -0.140. The zero-order chi connectivity index (χ0) is 21.5. The molecule has 1 aromatic rings. The number of nitrogens with zero attached hydrogens (tertiary/aromatic N) is 2. The Morgan fingerprint density at radius 2 is 1.86 bits per heavy atom. The second kappa shape index (κ2) is 9.79.